The van der Waals surface area contributed by atoms with E-state index in [4.69, 9.17) is 9.73 Å². The number of hydrogen-bond donors (Lipinski definition) is 2. The quantitative estimate of drug-likeness (QED) is 0.280. The number of guanidine groups is 1. The van der Waals surface area contributed by atoms with Crippen molar-refractivity contribution in [1.82, 2.24) is 25.4 Å². The Morgan fingerprint density at radius 1 is 1.17 bits per heavy atom. The molecule has 0 unspecified atom stereocenters. The van der Waals surface area contributed by atoms with Gasteiger partial charge in [0.05, 0.1) is 26.7 Å². The normalized spacial score (nSPS) is 11.1. The summed E-state index contributed by atoms with van der Waals surface area (Å²) in [7, 11) is 3.64. The zero-order chi connectivity index (χ0) is 19.9. The Balaban J connectivity index is 0.00000300. The Hall–Kier alpha value is -2.14. The summed E-state index contributed by atoms with van der Waals surface area (Å²) in [5.74, 6) is 3.31. The molecule has 3 rings (SSSR count). The van der Waals surface area contributed by atoms with Crippen LogP contribution < -0.4 is 15.4 Å². The van der Waals surface area contributed by atoms with Gasteiger partial charge in [-0.15, -0.1) is 45.5 Å². The van der Waals surface area contributed by atoms with Gasteiger partial charge in [-0.25, -0.2) is 4.99 Å². The molecule has 0 aliphatic heterocycles. The fourth-order valence-electron chi connectivity index (χ4n) is 2.67. The molecular weight excluding hydrogens is 499 g/mol. The Kier molecular flexibility index (Phi) is 8.90. The minimum absolute atomic E-state index is 0. The van der Waals surface area contributed by atoms with Gasteiger partial charge in [0.2, 0.25) is 0 Å². The molecule has 7 nitrogen and oxygen atoms in total. The molecule has 0 saturated heterocycles. The number of aromatic nitrogens is 3. The fraction of sp³-hybridized carbons (Fsp3) is 0.350. The second-order valence-corrected chi connectivity index (χ2v) is 7.52. The number of hydrogen-bond acceptors (Lipinski definition) is 5. The molecule has 156 valence electrons. The van der Waals surface area contributed by atoms with Crippen LogP contribution in [-0.4, -0.2) is 27.8 Å². The number of aliphatic imine (C=N–C) groups is 1. The van der Waals surface area contributed by atoms with Crippen molar-refractivity contribution in [3.63, 3.8) is 0 Å². The highest BCUT2D eigenvalue weighted by atomic mass is 127. The Labute approximate surface area is 192 Å². The predicted octanol–water partition coefficient (Wildman–Crippen LogP) is 3.56. The van der Waals surface area contributed by atoms with E-state index in [2.05, 4.69) is 44.4 Å². The lowest BCUT2D eigenvalue weighted by molar-refractivity contribution is 0.409. The number of aryl methyl sites for hydroxylation is 2. The first-order chi connectivity index (χ1) is 13.6. The third-order valence-electron chi connectivity index (χ3n) is 4.46. The molecule has 29 heavy (non-hydrogen) atoms. The lowest BCUT2D eigenvalue weighted by Crippen LogP contribution is -2.37. The summed E-state index contributed by atoms with van der Waals surface area (Å²) in [6.45, 7) is 5.75. The van der Waals surface area contributed by atoms with Gasteiger partial charge in [-0.1, -0.05) is 18.2 Å². The van der Waals surface area contributed by atoms with Gasteiger partial charge in [0.15, 0.2) is 11.8 Å². The predicted molar refractivity (Wildman–Crippen MR) is 128 cm³/mol. The summed E-state index contributed by atoms with van der Waals surface area (Å²) >= 11 is 1.72. The molecule has 2 aromatic heterocycles. The first-order valence-corrected chi connectivity index (χ1v) is 9.97. The number of nitrogens with one attached hydrogen (secondary N) is 2. The molecule has 0 fully saturated rings. The number of rotatable bonds is 7. The zero-order valence-electron chi connectivity index (χ0n) is 17.1. The molecule has 3 aromatic rings. The van der Waals surface area contributed by atoms with E-state index in [1.165, 1.54) is 4.88 Å². The van der Waals surface area contributed by atoms with E-state index in [9.17, 15) is 0 Å². The van der Waals surface area contributed by atoms with Crippen LogP contribution in [0.3, 0.4) is 0 Å². The monoisotopic (exact) mass is 526 g/mol. The molecular formula is C20H27IN6OS. The molecule has 0 saturated carbocycles. The smallest absolute Gasteiger partial charge is 0.192 e. The van der Waals surface area contributed by atoms with Gasteiger partial charge in [0.25, 0.3) is 0 Å². The van der Waals surface area contributed by atoms with Crippen LogP contribution in [0.4, 0.5) is 0 Å². The average molecular weight is 526 g/mol. The molecule has 0 atom stereocenters. The van der Waals surface area contributed by atoms with Crippen LogP contribution in [0.2, 0.25) is 0 Å². The SMILES string of the molecule is COc1cc(C)ccc1CN=C(NCc1cccs1)NCc1nnc(C)n1C.I. The summed E-state index contributed by atoms with van der Waals surface area (Å²) in [4.78, 5) is 5.99. The van der Waals surface area contributed by atoms with Gasteiger partial charge in [0, 0.05) is 17.5 Å². The van der Waals surface area contributed by atoms with Crippen molar-refractivity contribution in [2.75, 3.05) is 7.11 Å². The van der Waals surface area contributed by atoms with Crippen LogP contribution in [0, 0.1) is 13.8 Å². The average Bonchev–Trinajstić information content (AvgIpc) is 3.33. The Morgan fingerprint density at radius 3 is 2.62 bits per heavy atom. The minimum Gasteiger partial charge on any atom is -0.496 e. The fourth-order valence-corrected chi connectivity index (χ4v) is 3.32. The number of ether oxygens (including phenoxy) is 1. The van der Waals surface area contributed by atoms with E-state index in [0.717, 1.165) is 34.5 Å². The number of methoxy groups -OCH3 is 1. The van der Waals surface area contributed by atoms with Crippen molar-refractivity contribution in [1.29, 1.82) is 0 Å². The van der Waals surface area contributed by atoms with Crippen molar-refractivity contribution < 1.29 is 4.74 Å². The maximum atomic E-state index is 5.50. The van der Waals surface area contributed by atoms with Gasteiger partial charge in [0.1, 0.15) is 11.6 Å². The van der Waals surface area contributed by atoms with Crippen LogP contribution in [-0.2, 0) is 26.7 Å². The van der Waals surface area contributed by atoms with Crippen LogP contribution in [0.25, 0.3) is 0 Å². The van der Waals surface area contributed by atoms with Crippen LogP contribution in [0.5, 0.6) is 5.75 Å². The van der Waals surface area contributed by atoms with E-state index < -0.39 is 0 Å². The maximum absolute atomic E-state index is 5.50. The van der Waals surface area contributed by atoms with Crippen molar-refractivity contribution in [2.45, 2.75) is 33.5 Å². The van der Waals surface area contributed by atoms with Crippen LogP contribution >= 0.6 is 35.3 Å². The first kappa shape index (κ1) is 23.1. The molecule has 2 heterocycles. The minimum atomic E-state index is 0. The molecule has 0 radical (unpaired) electrons. The van der Waals surface area contributed by atoms with E-state index >= 15 is 0 Å². The standard InChI is InChI=1S/C20H26N6OS.HI/c1-14-7-8-16(18(10-14)27-4)11-21-20(22-12-17-6-5-9-28-17)23-13-19-25-24-15(2)26(19)3;/h5-10H,11-13H2,1-4H3,(H2,21,22,23);1H. The highest BCUT2D eigenvalue weighted by Crippen LogP contribution is 2.20. The molecule has 0 bridgehead atoms. The summed E-state index contributed by atoms with van der Waals surface area (Å²) < 4.78 is 7.46. The van der Waals surface area contributed by atoms with Crippen molar-refractivity contribution in [2.24, 2.45) is 12.0 Å². The third-order valence-corrected chi connectivity index (χ3v) is 5.33. The van der Waals surface area contributed by atoms with Gasteiger partial charge in [-0.2, -0.15) is 0 Å². The molecule has 9 heteroatoms. The molecule has 1 aromatic carbocycles. The molecule has 0 spiro atoms. The highest BCUT2D eigenvalue weighted by Gasteiger charge is 2.08. The summed E-state index contributed by atoms with van der Waals surface area (Å²) in [5, 5.41) is 17.1. The topological polar surface area (TPSA) is 76.4 Å². The van der Waals surface area contributed by atoms with E-state index in [1.807, 2.05) is 37.6 Å². The lowest BCUT2D eigenvalue weighted by Gasteiger charge is -2.13. The highest BCUT2D eigenvalue weighted by molar-refractivity contribution is 14.0. The first-order valence-electron chi connectivity index (χ1n) is 9.09. The van der Waals surface area contributed by atoms with Crippen LogP contribution in [0.15, 0.2) is 40.7 Å². The Morgan fingerprint density at radius 2 is 1.97 bits per heavy atom. The van der Waals surface area contributed by atoms with Gasteiger partial charge in [-0.3, -0.25) is 0 Å². The Bertz CT molecular complexity index is 939. The number of benzene rings is 1. The number of nitrogens with zero attached hydrogens (tertiary/aromatic N) is 4. The maximum Gasteiger partial charge on any atom is 0.192 e. The molecule has 2 N–H and O–H groups in total. The second kappa shape index (κ2) is 11.1. The largest absolute Gasteiger partial charge is 0.496 e. The summed E-state index contributed by atoms with van der Waals surface area (Å²) in [6.07, 6.45) is 0. The second-order valence-electron chi connectivity index (χ2n) is 6.49. The molecule has 0 amide bonds. The number of halogens is 1. The van der Waals surface area contributed by atoms with E-state index in [0.29, 0.717) is 19.6 Å². The third kappa shape index (κ3) is 6.43. The van der Waals surface area contributed by atoms with Gasteiger partial charge >= 0.3 is 0 Å². The van der Waals surface area contributed by atoms with Gasteiger partial charge < -0.3 is 19.9 Å². The summed E-state index contributed by atoms with van der Waals surface area (Å²) in [6, 6.07) is 10.3. The molecule has 0 aliphatic rings. The summed E-state index contributed by atoms with van der Waals surface area (Å²) in [5.41, 5.74) is 2.20. The van der Waals surface area contributed by atoms with Crippen LogP contribution in [0.1, 0.15) is 27.7 Å². The molecule has 0 aliphatic carbocycles. The van der Waals surface area contributed by atoms with Gasteiger partial charge in [-0.05, 0) is 36.9 Å². The number of thiophene rings is 1. The van der Waals surface area contributed by atoms with Crippen molar-refractivity contribution >= 4 is 41.3 Å². The zero-order valence-corrected chi connectivity index (χ0v) is 20.2. The lowest BCUT2D eigenvalue weighted by atomic mass is 10.1. The van der Waals surface area contributed by atoms with Crippen molar-refractivity contribution in [3.8, 4) is 5.75 Å². The van der Waals surface area contributed by atoms with Crippen molar-refractivity contribution in [3.05, 3.63) is 63.4 Å². The van der Waals surface area contributed by atoms with E-state index in [-0.39, 0.29) is 24.0 Å². The van der Waals surface area contributed by atoms with E-state index in [1.54, 1.807) is 18.4 Å².